The third-order valence-electron chi connectivity index (χ3n) is 7.42. The van der Waals surface area contributed by atoms with E-state index in [2.05, 4.69) is 88.7 Å². The van der Waals surface area contributed by atoms with Gasteiger partial charge in [-0.2, -0.15) is 0 Å². The first-order chi connectivity index (χ1) is 16.2. The van der Waals surface area contributed by atoms with Crippen molar-refractivity contribution in [2.24, 2.45) is 0 Å². The zero-order chi connectivity index (χ0) is 24.8. The molecule has 0 bridgehead atoms. The number of nitrogens with one attached hydrogen (secondary N) is 1. The predicted molar refractivity (Wildman–Crippen MR) is 149 cm³/mol. The van der Waals surface area contributed by atoms with E-state index in [0.717, 1.165) is 32.7 Å². The van der Waals surface area contributed by atoms with Gasteiger partial charge < -0.3 is 14.6 Å². The van der Waals surface area contributed by atoms with E-state index in [0.29, 0.717) is 11.8 Å². The SMILES string of the molecule is CCC(C)=C(C)/C=C(\C=C(C)C)c1[nH]c2ccc(C3CCN(CCOC)CC3)cc2c1C(C)C. The molecule has 1 saturated heterocycles. The summed E-state index contributed by atoms with van der Waals surface area (Å²) in [5, 5.41) is 1.39. The second kappa shape index (κ2) is 12.0. The number of aromatic amines is 1. The first kappa shape index (κ1) is 26.5. The van der Waals surface area contributed by atoms with Gasteiger partial charge in [-0.15, -0.1) is 0 Å². The second-order valence-corrected chi connectivity index (χ2v) is 10.6. The van der Waals surface area contributed by atoms with E-state index in [-0.39, 0.29) is 0 Å². The number of piperidine rings is 1. The van der Waals surface area contributed by atoms with Gasteiger partial charge in [-0.1, -0.05) is 55.7 Å². The van der Waals surface area contributed by atoms with Crippen LogP contribution in [-0.4, -0.2) is 43.2 Å². The Bertz CT molecular complexity index is 1050. The minimum absolute atomic E-state index is 0.445. The van der Waals surface area contributed by atoms with Gasteiger partial charge in [0.2, 0.25) is 0 Å². The first-order valence-electron chi connectivity index (χ1n) is 13.1. The highest BCUT2D eigenvalue weighted by atomic mass is 16.5. The number of hydrogen-bond acceptors (Lipinski definition) is 2. The van der Waals surface area contributed by atoms with Gasteiger partial charge in [-0.25, -0.2) is 0 Å². The number of likely N-dealkylation sites (tertiary alicyclic amines) is 1. The van der Waals surface area contributed by atoms with Gasteiger partial charge in [-0.05, 0) is 101 Å². The minimum Gasteiger partial charge on any atom is -0.383 e. The molecule has 0 spiro atoms. The molecule has 1 aromatic carbocycles. The Hall–Kier alpha value is -2.10. The topological polar surface area (TPSA) is 28.3 Å². The van der Waals surface area contributed by atoms with Gasteiger partial charge in [0.15, 0.2) is 0 Å². The zero-order valence-corrected chi connectivity index (χ0v) is 22.8. The maximum absolute atomic E-state index is 5.27. The van der Waals surface area contributed by atoms with Gasteiger partial charge in [0.05, 0.1) is 6.61 Å². The maximum atomic E-state index is 5.27. The first-order valence-corrected chi connectivity index (χ1v) is 13.1. The largest absolute Gasteiger partial charge is 0.383 e. The van der Waals surface area contributed by atoms with Gasteiger partial charge in [0.1, 0.15) is 0 Å². The normalized spacial score (nSPS) is 16.9. The zero-order valence-electron chi connectivity index (χ0n) is 22.8. The van der Waals surface area contributed by atoms with Gasteiger partial charge >= 0.3 is 0 Å². The van der Waals surface area contributed by atoms with E-state index >= 15 is 0 Å². The average Bonchev–Trinajstić information content (AvgIpc) is 3.20. The predicted octanol–water partition coefficient (Wildman–Crippen LogP) is 8.21. The highest BCUT2D eigenvalue weighted by Gasteiger charge is 2.23. The summed E-state index contributed by atoms with van der Waals surface area (Å²) in [6.07, 6.45) is 8.25. The van der Waals surface area contributed by atoms with Crippen LogP contribution >= 0.6 is 0 Å². The fourth-order valence-electron chi connectivity index (χ4n) is 5.15. The van der Waals surface area contributed by atoms with Crippen molar-refractivity contribution >= 4 is 16.5 Å². The Morgan fingerprint density at radius 3 is 2.41 bits per heavy atom. The molecule has 2 aromatic rings. The molecule has 0 unspecified atom stereocenters. The van der Waals surface area contributed by atoms with Crippen LogP contribution in [0.15, 0.2) is 47.1 Å². The van der Waals surface area contributed by atoms with Crippen molar-refractivity contribution in [2.75, 3.05) is 33.4 Å². The molecule has 3 heteroatoms. The molecule has 0 amide bonds. The summed E-state index contributed by atoms with van der Waals surface area (Å²) in [5.74, 6) is 1.09. The van der Waals surface area contributed by atoms with Crippen molar-refractivity contribution in [2.45, 2.75) is 79.6 Å². The molecule has 1 fully saturated rings. The maximum Gasteiger partial charge on any atom is 0.0589 e. The molecule has 2 heterocycles. The number of allylic oxidation sites excluding steroid dienone is 6. The molecule has 34 heavy (non-hydrogen) atoms. The van der Waals surface area contributed by atoms with Crippen LogP contribution in [0.5, 0.6) is 0 Å². The highest BCUT2D eigenvalue weighted by Crippen LogP contribution is 2.37. The van der Waals surface area contributed by atoms with Crippen LogP contribution < -0.4 is 0 Å². The summed E-state index contributed by atoms with van der Waals surface area (Å²) in [4.78, 5) is 6.35. The van der Waals surface area contributed by atoms with Gasteiger partial charge in [0.25, 0.3) is 0 Å². The summed E-state index contributed by atoms with van der Waals surface area (Å²) >= 11 is 0. The van der Waals surface area contributed by atoms with Crippen LogP contribution in [0.1, 0.15) is 96.4 Å². The van der Waals surface area contributed by atoms with Crippen LogP contribution in [0.4, 0.5) is 0 Å². The number of aromatic nitrogens is 1. The quantitative estimate of drug-likeness (QED) is 0.380. The van der Waals surface area contributed by atoms with E-state index in [9.17, 15) is 0 Å². The third-order valence-corrected chi connectivity index (χ3v) is 7.42. The Labute approximate surface area is 208 Å². The summed E-state index contributed by atoms with van der Waals surface area (Å²) < 4.78 is 5.27. The van der Waals surface area contributed by atoms with Gasteiger partial charge in [-0.3, -0.25) is 0 Å². The van der Waals surface area contributed by atoms with Crippen molar-refractivity contribution in [3.8, 4) is 0 Å². The Kier molecular flexibility index (Phi) is 9.39. The number of H-pyrrole nitrogens is 1. The van der Waals surface area contributed by atoms with Crippen LogP contribution in [0, 0.1) is 0 Å². The number of nitrogens with zero attached hydrogens (tertiary/aromatic N) is 1. The lowest BCUT2D eigenvalue weighted by atomic mass is 9.87. The number of methoxy groups -OCH3 is 1. The lowest BCUT2D eigenvalue weighted by Gasteiger charge is -2.32. The fraction of sp³-hybridized carbons (Fsp3) is 0.548. The molecular weight excluding hydrogens is 416 g/mol. The molecule has 0 saturated carbocycles. The summed E-state index contributed by atoms with van der Waals surface area (Å²) in [6.45, 7) is 20.0. The standard InChI is InChI=1S/C31H46N2O/c1-9-23(6)24(7)19-27(18-21(2)3)31-30(22(4)5)28-20-26(10-11-29(28)32-31)25-12-14-33(15-13-25)16-17-34-8/h10-11,18-20,22,25,32H,9,12-17H2,1-8H3/b24-23?,27-19+. The Morgan fingerprint density at radius 2 is 1.82 bits per heavy atom. The van der Waals surface area contributed by atoms with Crippen molar-refractivity contribution in [1.29, 1.82) is 0 Å². The Balaban J connectivity index is 2.02. The molecule has 1 aliphatic rings. The molecule has 0 atom stereocenters. The summed E-state index contributed by atoms with van der Waals surface area (Å²) in [5.41, 5.74) is 10.9. The van der Waals surface area contributed by atoms with Crippen LogP contribution in [0.2, 0.25) is 0 Å². The van der Waals surface area contributed by atoms with E-state index < -0.39 is 0 Å². The number of hydrogen-bond donors (Lipinski definition) is 1. The van der Waals surface area contributed by atoms with E-state index in [1.165, 1.54) is 62.9 Å². The molecule has 3 rings (SSSR count). The molecule has 1 N–H and O–H groups in total. The lowest BCUT2D eigenvalue weighted by Crippen LogP contribution is -2.35. The number of ether oxygens (including phenoxy) is 1. The van der Waals surface area contributed by atoms with Crippen molar-refractivity contribution < 1.29 is 4.74 Å². The molecule has 1 aliphatic heterocycles. The molecule has 186 valence electrons. The van der Waals surface area contributed by atoms with Gasteiger partial charge in [0, 0.05) is 30.3 Å². The number of fused-ring (bicyclic) bond motifs is 1. The third kappa shape index (κ3) is 6.31. The molecule has 0 aliphatic carbocycles. The van der Waals surface area contributed by atoms with E-state index in [4.69, 9.17) is 4.74 Å². The summed E-state index contributed by atoms with van der Waals surface area (Å²) in [7, 11) is 1.79. The van der Waals surface area contributed by atoms with E-state index in [1.807, 2.05) is 0 Å². The average molecular weight is 463 g/mol. The molecular formula is C31H46N2O. The highest BCUT2D eigenvalue weighted by molar-refractivity contribution is 5.92. The second-order valence-electron chi connectivity index (χ2n) is 10.6. The molecule has 0 radical (unpaired) electrons. The smallest absolute Gasteiger partial charge is 0.0589 e. The van der Waals surface area contributed by atoms with E-state index in [1.54, 1.807) is 7.11 Å². The molecule has 3 nitrogen and oxygen atoms in total. The summed E-state index contributed by atoms with van der Waals surface area (Å²) in [6, 6.07) is 7.16. The molecule has 1 aromatic heterocycles. The van der Waals surface area contributed by atoms with Crippen LogP contribution in [-0.2, 0) is 4.74 Å². The number of rotatable bonds is 9. The van der Waals surface area contributed by atoms with Crippen molar-refractivity contribution in [1.82, 2.24) is 9.88 Å². The number of benzene rings is 1. The lowest BCUT2D eigenvalue weighted by molar-refractivity contribution is 0.130. The Morgan fingerprint density at radius 1 is 1.12 bits per heavy atom. The minimum atomic E-state index is 0.445. The fourth-order valence-corrected chi connectivity index (χ4v) is 5.15. The van der Waals surface area contributed by atoms with Crippen LogP contribution in [0.25, 0.3) is 16.5 Å². The monoisotopic (exact) mass is 462 g/mol. The van der Waals surface area contributed by atoms with Crippen molar-refractivity contribution in [3.63, 3.8) is 0 Å². The van der Waals surface area contributed by atoms with Crippen molar-refractivity contribution in [3.05, 3.63) is 63.9 Å². The van der Waals surface area contributed by atoms with Crippen LogP contribution in [0.3, 0.4) is 0 Å².